The minimum Gasteiger partial charge on any atom is -0.483 e. The fourth-order valence-electron chi connectivity index (χ4n) is 2.70. The Balaban J connectivity index is 1.63. The average Bonchev–Trinajstić information content (AvgIpc) is 2.68. The summed E-state index contributed by atoms with van der Waals surface area (Å²) in [6.45, 7) is 1.95. The van der Waals surface area contributed by atoms with Crippen LogP contribution in [0.5, 0.6) is 5.75 Å². The number of hydrogen-bond acceptors (Lipinski definition) is 2. The quantitative estimate of drug-likeness (QED) is 0.716. The van der Waals surface area contributed by atoms with Gasteiger partial charge in [0.15, 0.2) is 6.61 Å². The highest BCUT2D eigenvalue weighted by Crippen LogP contribution is 2.29. The fourth-order valence-corrected chi connectivity index (χ4v) is 2.70. The molecule has 0 spiro atoms. The van der Waals surface area contributed by atoms with Crippen molar-refractivity contribution in [3.8, 4) is 16.9 Å². The third-order valence-corrected chi connectivity index (χ3v) is 4.01. The highest BCUT2D eigenvalue weighted by atomic mass is 16.5. The van der Waals surface area contributed by atoms with E-state index in [1.54, 1.807) is 0 Å². The maximum atomic E-state index is 12.2. The number of carbonyl (C=O) groups is 1. The Labute approximate surface area is 148 Å². The van der Waals surface area contributed by atoms with Crippen molar-refractivity contribution in [1.82, 2.24) is 5.32 Å². The first kappa shape index (κ1) is 16.8. The molecule has 1 atom stereocenters. The monoisotopic (exact) mass is 331 g/mol. The molecule has 0 saturated carbocycles. The molecule has 3 aromatic rings. The van der Waals surface area contributed by atoms with Gasteiger partial charge in [0, 0.05) is 5.56 Å². The Hall–Kier alpha value is -3.07. The zero-order valence-corrected chi connectivity index (χ0v) is 14.2. The summed E-state index contributed by atoms with van der Waals surface area (Å²) in [5, 5.41) is 2.96. The lowest BCUT2D eigenvalue weighted by Crippen LogP contribution is -2.31. The highest BCUT2D eigenvalue weighted by molar-refractivity contribution is 5.78. The van der Waals surface area contributed by atoms with Crippen LogP contribution >= 0.6 is 0 Å². The first-order valence-electron chi connectivity index (χ1n) is 8.35. The molecule has 0 unspecified atom stereocenters. The van der Waals surface area contributed by atoms with E-state index in [2.05, 4.69) is 5.32 Å². The maximum absolute atomic E-state index is 12.2. The summed E-state index contributed by atoms with van der Waals surface area (Å²) in [7, 11) is 0. The molecule has 3 nitrogen and oxygen atoms in total. The standard InChI is InChI=1S/C22H21NO2/c1-17(18-10-4-2-5-11-18)23-22(24)16-25-21-15-9-8-14-20(21)19-12-6-3-7-13-19/h2-15,17H,16H2,1H3,(H,23,24)/t17-/m1/s1. The Morgan fingerprint density at radius 3 is 2.20 bits per heavy atom. The molecule has 3 rings (SSSR count). The van der Waals surface area contributed by atoms with Crippen LogP contribution in [0.25, 0.3) is 11.1 Å². The number of para-hydroxylation sites is 1. The molecular formula is C22H21NO2. The van der Waals surface area contributed by atoms with E-state index < -0.39 is 0 Å². The molecule has 0 aromatic heterocycles. The zero-order valence-electron chi connectivity index (χ0n) is 14.2. The van der Waals surface area contributed by atoms with Crippen molar-refractivity contribution in [2.24, 2.45) is 0 Å². The SMILES string of the molecule is C[C@@H](NC(=O)COc1ccccc1-c1ccccc1)c1ccccc1. The lowest BCUT2D eigenvalue weighted by Gasteiger charge is -2.15. The molecule has 3 heteroatoms. The lowest BCUT2D eigenvalue weighted by atomic mass is 10.1. The van der Waals surface area contributed by atoms with Gasteiger partial charge in [-0.3, -0.25) is 4.79 Å². The Kier molecular flexibility index (Phi) is 5.47. The molecule has 0 aliphatic heterocycles. The first-order valence-corrected chi connectivity index (χ1v) is 8.35. The number of rotatable bonds is 6. The second-order valence-corrected chi connectivity index (χ2v) is 5.85. The molecule has 0 aliphatic rings. The number of hydrogen-bond donors (Lipinski definition) is 1. The van der Waals surface area contributed by atoms with Gasteiger partial charge in [0.2, 0.25) is 0 Å². The van der Waals surface area contributed by atoms with Gasteiger partial charge >= 0.3 is 0 Å². The number of nitrogens with one attached hydrogen (secondary N) is 1. The summed E-state index contributed by atoms with van der Waals surface area (Å²) in [6, 6.07) is 27.6. The topological polar surface area (TPSA) is 38.3 Å². The average molecular weight is 331 g/mol. The van der Waals surface area contributed by atoms with Gasteiger partial charge < -0.3 is 10.1 Å². The zero-order chi connectivity index (χ0) is 17.5. The third kappa shape index (κ3) is 4.48. The van der Waals surface area contributed by atoms with Crippen LogP contribution in [0.15, 0.2) is 84.9 Å². The molecule has 1 N–H and O–H groups in total. The first-order chi connectivity index (χ1) is 12.2. The van der Waals surface area contributed by atoms with Crippen molar-refractivity contribution in [3.63, 3.8) is 0 Å². The molecule has 0 radical (unpaired) electrons. The fraction of sp³-hybridized carbons (Fsp3) is 0.136. The van der Waals surface area contributed by atoms with Crippen molar-refractivity contribution in [2.75, 3.05) is 6.61 Å². The smallest absolute Gasteiger partial charge is 0.258 e. The van der Waals surface area contributed by atoms with E-state index in [9.17, 15) is 4.79 Å². The summed E-state index contributed by atoms with van der Waals surface area (Å²) in [5.74, 6) is 0.565. The molecule has 0 heterocycles. The molecule has 3 aromatic carbocycles. The minimum absolute atomic E-state index is 0.0129. The molecule has 1 amide bonds. The summed E-state index contributed by atoms with van der Waals surface area (Å²) >= 11 is 0. The van der Waals surface area contributed by atoms with Crippen LogP contribution in [0, 0.1) is 0 Å². The molecule has 126 valence electrons. The third-order valence-electron chi connectivity index (χ3n) is 4.01. The summed E-state index contributed by atoms with van der Waals surface area (Å²) < 4.78 is 5.78. The van der Waals surface area contributed by atoms with Gasteiger partial charge in [-0.25, -0.2) is 0 Å². The summed E-state index contributed by atoms with van der Waals surface area (Å²) in [5.41, 5.74) is 3.11. The molecule has 0 aliphatic carbocycles. The number of carbonyl (C=O) groups excluding carboxylic acids is 1. The van der Waals surface area contributed by atoms with Crippen molar-refractivity contribution in [2.45, 2.75) is 13.0 Å². The van der Waals surface area contributed by atoms with E-state index in [0.717, 1.165) is 16.7 Å². The Morgan fingerprint density at radius 2 is 1.48 bits per heavy atom. The van der Waals surface area contributed by atoms with E-state index in [1.165, 1.54) is 0 Å². The molecule has 25 heavy (non-hydrogen) atoms. The lowest BCUT2D eigenvalue weighted by molar-refractivity contribution is -0.123. The normalized spacial score (nSPS) is 11.6. The van der Waals surface area contributed by atoms with Gasteiger partial charge in [0.25, 0.3) is 5.91 Å². The second kappa shape index (κ2) is 8.15. The van der Waals surface area contributed by atoms with E-state index in [1.807, 2.05) is 91.9 Å². The van der Waals surface area contributed by atoms with Gasteiger partial charge in [-0.2, -0.15) is 0 Å². The predicted octanol–water partition coefficient (Wildman–Crippen LogP) is 4.61. The molecule has 0 fully saturated rings. The van der Waals surface area contributed by atoms with E-state index in [-0.39, 0.29) is 18.6 Å². The van der Waals surface area contributed by atoms with Gasteiger partial charge in [-0.15, -0.1) is 0 Å². The van der Waals surface area contributed by atoms with Gasteiger partial charge in [-0.1, -0.05) is 78.9 Å². The number of ether oxygens (including phenoxy) is 1. The van der Waals surface area contributed by atoms with Crippen LogP contribution < -0.4 is 10.1 Å². The van der Waals surface area contributed by atoms with Crippen LogP contribution in [0.3, 0.4) is 0 Å². The van der Waals surface area contributed by atoms with Crippen LogP contribution in [0.2, 0.25) is 0 Å². The van der Waals surface area contributed by atoms with Crippen molar-refractivity contribution >= 4 is 5.91 Å². The van der Waals surface area contributed by atoms with Gasteiger partial charge in [0.1, 0.15) is 5.75 Å². The van der Waals surface area contributed by atoms with E-state index >= 15 is 0 Å². The van der Waals surface area contributed by atoms with E-state index in [0.29, 0.717) is 5.75 Å². The summed E-state index contributed by atoms with van der Waals surface area (Å²) in [6.07, 6.45) is 0. The van der Waals surface area contributed by atoms with Crippen LogP contribution in [0.4, 0.5) is 0 Å². The second-order valence-electron chi connectivity index (χ2n) is 5.85. The van der Waals surface area contributed by atoms with Crippen LogP contribution in [0.1, 0.15) is 18.5 Å². The largest absolute Gasteiger partial charge is 0.483 e. The van der Waals surface area contributed by atoms with Crippen LogP contribution in [-0.2, 0) is 4.79 Å². The molecule has 0 bridgehead atoms. The van der Waals surface area contributed by atoms with Gasteiger partial charge in [-0.05, 0) is 24.1 Å². The Bertz CT molecular complexity index is 816. The highest BCUT2D eigenvalue weighted by Gasteiger charge is 2.11. The predicted molar refractivity (Wildman–Crippen MR) is 100 cm³/mol. The van der Waals surface area contributed by atoms with Crippen molar-refractivity contribution in [3.05, 3.63) is 90.5 Å². The Morgan fingerprint density at radius 1 is 0.880 bits per heavy atom. The van der Waals surface area contributed by atoms with Crippen LogP contribution in [-0.4, -0.2) is 12.5 Å². The number of amides is 1. The minimum atomic E-state index is -0.140. The number of benzene rings is 3. The van der Waals surface area contributed by atoms with E-state index in [4.69, 9.17) is 4.74 Å². The molecule has 0 saturated heterocycles. The van der Waals surface area contributed by atoms with Crippen molar-refractivity contribution < 1.29 is 9.53 Å². The summed E-state index contributed by atoms with van der Waals surface area (Å²) in [4.78, 5) is 12.2. The van der Waals surface area contributed by atoms with Crippen molar-refractivity contribution in [1.29, 1.82) is 0 Å². The maximum Gasteiger partial charge on any atom is 0.258 e. The van der Waals surface area contributed by atoms with Gasteiger partial charge in [0.05, 0.1) is 6.04 Å². The molecular weight excluding hydrogens is 310 g/mol.